The molecule has 0 radical (unpaired) electrons. The predicted molar refractivity (Wildman–Crippen MR) is 109 cm³/mol. The molecular weight excluding hydrogens is 364 g/mol. The molecule has 0 aliphatic heterocycles. The summed E-state index contributed by atoms with van der Waals surface area (Å²) in [7, 11) is 1.72. The molecule has 1 amide bonds. The molecular formula is C19H27ClN6O. The second-order valence-corrected chi connectivity index (χ2v) is 6.57. The molecule has 0 spiro atoms. The number of aryl methyl sites for hydroxylation is 3. The Balaban J connectivity index is 1.63. The van der Waals surface area contributed by atoms with Crippen LogP contribution in [0.15, 0.2) is 35.3 Å². The van der Waals surface area contributed by atoms with E-state index < -0.39 is 0 Å². The van der Waals surface area contributed by atoms with Crippen LogP contribution in [0.5, 0.6) is 0 Å². The van der Waals surface area contributed by atoms with Gasteiger partial charge in [0.15, 0.2) is 5.96 Å². The van der Waals surface area contributed by atoms with E-state index in [0.717, 1.165) is 25.2 Å². The molecule has 3 N–H and O–H groups in total. The zero-order valence-corrected chi connectivity index (χ0v) is 16.8. The highest BCUT2D eigenvalue weighted by Gasteiger charge is 2.08. The number of aliphatic imine (C=N–C) groups is 1. The predicted octanol–water partition coefficient (Wildman–Crippen LogP) is 2.14. The number of nitrogens with zero attached hydrogens (tertiary/aromatic N) is 3. The molecule has 2 aromatic rings. The maximum atomic E-state index is 12.1. The molecule has 0 aliphatic carbocycles. The van der Waals surface area contributed by atoms with Crippen LogP contribution >= 0.6 is 11.6 Å². The number of hydrogen-bond acceptors (Lipinski definition) is 3. The number of nitrogens with one attached hydrogen (secondary N) is 3. The van der Waals surface area contributed by atoms with Crippen molar-refractivity contribution in [1.82, 2.24) is 25.7 Å². The number of amides is 1. The summed E-state index contributed by atoms with van der Waals surface area (Å²) in [5.74, 6) is 0.519. The Morgan fingerprint density at radius 1 is 1.15 bits per heavy atom. The second kappa shape index (κ2) is 10.6. The first kappa shape index (κ1) is 20.8. The van der Waals surface area contributed by atoms with Crippen LogP contribution in [0.3, 0.4) is 0 Å². The minimum Gasteiger partial charge on any atom is -0.356 e. The molecule has 0 saturated heterocycles. The molecule has 2 rings (SSSR count). The van der Waals surface area contributed by atoms with E-state index in [1.165, 1.54) is 5.69 Å². The first-order valence-corrected chi connectivity index (χ1v) is 9.37. The quantitative estimate of drug-likeness (QED) is 0.366. The van der Waals surface area contributed by atoms with Gasteiger partial charge in [0.05, 0.1) is 16.3 Å². The van der Waals surface area contributed by atoms with E-state index in [1.54, 1.807) is 31.3 Å². The third kappa shape index (κ3) is 6.60. The fourth-order valence-corrected chi connectivity index (χ4v) is 2.88. The maximum absolute atomic E-state index is 12.1. The van der Waals surface area contributed by atoms with Crippen LogP contribution < -0.4 is 16.0 Å². The Labute approximate surface area is 165 Å². The van der Waals surface area contributed by atoms with Gasteiger partial charge in [-0.25, -0.2) is 0 Å². The molecule has 0 saturated carbocycles. The molecule has 0 bridgehead atoms. The van der Waals surface area contributed by atoms with Gasteiger partial charge >= 0.3 is 0 Å². The normalized spacial score (nSPS) is 11.3. The standard InChI is InChI=1S/C19H27ClN6O/c1-14-13-15(2)26(25-14)12-6-9-23-19(21-3)24-11-10-22-18(27)16-7-4-5-8-17(16)20/h4-5,7-8,13H,6,9-12H2,1-3H3,(H,22,27)(H2,21,23,24). The van der Waals surface area contributed by atoms with Crippen LogP contribution in [0.25, 0.3) is 0 Å². The molecule has 0 unspecified atom stereocenters. The van der Waals surface area contributed by atoms with Crippen LogP contribution in [-0.4, -0.2) is 48.3 Å². The van der Waals surface area contributed by atoms with Gasteiger partial charge in [0, 0.05) is 38.9 Å². The average Bonchev–Trinajstić information content (AvgIpc) is 2.97. The number of hydrogen-bond donors (Lipinski definition) is 3. The summed E-state index contributed by atoms with van der Waals surface area (Å²) < 4.78 is 2.01. The lowest BCUT2D eigenvalue weighted by Crippen LogP contribution is -2.42. The van der Waals surface area contributed by atoms with Crippen molar-refractivity contribution in [2.24, 2.45) is 4.99 Å². The first-order valence-electron chi connectivity index (χ1n) is 8.99. The zero-order valence-electron chi connectivity index (χ0n) is 16.1. The van der Waals surface area contributed by atoms with Gasteiger partial charge < -0.3 is 16.0 Å². The van der Waals surface area contributed by atoms with Crippen LogP contribution in [-0.2, 0) is 6.54 Å². The van der Waals surface area contributed by atoms with E-state index in [2.05, 4.69) is 39.0 Å². The Hall–Kier alpha value is -2.54. The third-order valence-corrected chi connectivity index (χ3v) is 4.32. The molecule has 0 fully saturated rings. The van der Waals surface area contributed by atoms with Crippen molar-refractivity contribution in [1.29, 1.82) is 0 Å². The Kier molecular flexibility index (Phi) is 8.13. The van der Waals surface area contributed by atoms with Crippen molar-refractivity contribution in [3.63, 3.8) is 0 Å². The van der Waals surface area contributed by atoms with Gasteiger partial charge in [-0.05, 0) is 38.5 Å². The minimum atomic E-state index is -0.185. The summed E-state index contributed by atoms with van der Waals surface area (Å²) in [6.07, 6.45) is 0.936. The van der Waals surface area contributed by atoms with Crippen molar-refractivity contribution in [2.45, 2.75) is 26.8 Å². The Bertz CT molecular complexity index is 786. The number of carbonyl (C=O) groups excluding carboxylic acids is 1. The van der Waals surface area contributed by atoms with Crippen molar-refractivity contribution in [3.8, 4) is 0 Å². The number of aromatic nitrogens is 2. The molecule has 27 heavy (non-hydrogen) atoms. The lowest BCUT2D eigenvalue weighted by Gasteiger charge is -2.13. The zero-order chi connectivity index (χ0) is 19.6. The SMILES string of the molecule is CN=C(NCCCn1nc(C)cc1C)NCCNC(=O)c1ccccc1Cl. The summed E-state index contributed by atoms with van der Waals surface area (Å²) >= 11 is 6.02. The monoisotopic (exact) mass is 390 g/mol. The number of rotatable bonds is 8. The number of halogens is 1. The van der Waals surface area contributed by atoms with Crippen LogP contribution in [0.2, 0.25) is 5.02 Å². The number of guanidine groups is 1. The smallest absolute Gasteiger partial charge is 0.252 e. The van der Waals surface area contributed by atoms with E-state index in [4.69, 9.17) is 11.6 Å². The van der Waals surface area contributed by atoms with Gasteiger partial charge in [-0.15, -0.1) is 0 Å². The average molecular weight is 391 g/mol. The molecule has 8 heteroatoms. The Morgan fingerprint density at radius 3 is 2.52 bits per heavy atom. The molecule has 1 aromatic heterocycles. The van der Waals surface area contributed by atoms with Gasteiger partial charge in [-0.3, -0.25) is 14.5 Å². The molecule has 146 valence electrons. The van der Waals surface area contributed by atoms with Gasteiger partial charge in [-0.2, -0.15) is 5.10 Å². The van der Waals surface area contributed by atoms with E-state index in [1.807, 2.05) is 11.6 Å². The fraction of sp³-hybridized carbons (Fsp3) is 0.421. The summed E-state index contributed by atoms with van der Waals surface area (Å²) in [6.45, 7) is 6.73. The highest BCUT2D eigenvalue weighted by Crippen LogP contribution is 2.14. The number of carbonyl (C=O) groups is 1. The largest absolute Gasteiger partial charge is 0.356 e. The molecule has 0 atom stereocenters. The molecule has 1 aromatic carbocycles. The van der Waals surface area contributed by atoms with E-state index in [0.29, 0.717) is 29.6 Å². The maximum Gasteiger partial charge on any atom is 0.252 e. The topological polar surface area (TPSA) is 83.3 Å². The third-order valence-electron chi connectivity index (χ3n) is 3.99. The molecule has 7 nitrogen and oxygen atoms in total. The van der Waals surface area contributed by atoms with Crippen molar-refractivity contribution in [2.75, 3.05) is 26.7 Å². The number of benzene rings is 1. The van der Waals surface area contributed by atoms with Gasteiger partial charge in [0.25, 0.3) is 5.91 Å². The second-order valence-electron chi connectivity index (χ2n) is 6.17. The van der Waals surface area contributed by atoms with Gasteiger partial charge in [-0.1, -0.05) is 23.7 Å². The highest BCUT2D eigenvalue weighted by atomic mass is 35.5. The minimum absolute atomic E-state index is 0.185. The van der Waals surface area contributed by atoms with Gasteiger partial charge in [0.2, 0.25) is 0 Å². The van der Waals surface area contributed by atoms with Crippen LogP contribution in [0.4, 0.5) is 0 Å². The Morgan fingerprint density at radius 2 is 1.85 bits per heavy atom. The van der Waals surface area contributed by atoms with Crippen molar-refractivity contribution < 1.29 is 4.79 Å². The molecule has 1 heterocycles. The van der Waals surface area contributed by atoms with E-state index in [-0.39, 0.29) is 5.91 Å². The lowest BCUT2D eigenvalue weighted by molar-refractivity contribution is 0.0954. The summed E-state index contributed by atoms with van der Waals surface area (Å²) in [4.78, 5) is 16.3. The highest BCUT2D eigenvalue weighted by molar-refractivity contribution is 6.33. The summed E-state index contributed by atoms with van der Waals surface area (Å²) in [6, 6.07) is 9.06. The van der Waals surface area contributed by atoms with Crippen molar-refractivity contribution >= 4 is 23.5 Å². The first-order chi connectivity index (χ1) is 13.0. The van der Waals surface area contributed by atoms with E-state index in [9.17, 15) is 4.79 Å². The fourth-order valence-electron chi connectivity index (χ4n) is 2.66. The van der Waals surface area contributed by atoms with Crippen LogP contribution in [0, 0.1) is 13.8 Å². The summed E-state index contributed by atoms with van der Waals surface area (Å²) in [5, 5.41) is 14.2. The lowest BCUT2D eigenvalue weighted by atomic mass is 10.2. The van der Waals surface area contributed by atoms with Crippen molar-refractivity contribution in [3.05, 3.63) is 52.3 Å². The van der Waals surface area contributed by atoms with Gasteiger partial charge in [0.1, 0.15) is 0 Å². The summed E-state index contributed by atoms with van der Waals surface area (Å²) in [5.41, 5.74) is 2.69. The van der Waals surface area contributed by atoms with Crippen LogP contribution in [0.1, 0.15) is 28.2 Å². The van der Waals surface area contributed by atoms with E-state index >= 15 is 0 Å². The molecule has 0 aliphatic rings.